The van der Waals surface area contributed by atoms with Crippen molar-refractivity contribution in [1.82, 2.24) is 14.9 Å². The molecule has 1 heterocycles. The Bertz CT molecular complexity index is 604. The number of nitrogens with one attached hydrogen (secondary N) is 1. The van der Waals surface area contributed by atoms with Gasteiger partial charge < -0.3 is 14.6 Å². The molecule has 0 saturated carbocycles. The van der Waals surface area contributed by atoms with Gasteiger partial charge >= 0.3 is 0 Å². The summed E-state index contributed by atoms with van der Waals surface area (Å²) in [6.45, 7) is 5.73. The van der Waals surface area contributed by atoms with E-state index in [1.807, 2.05) is 4.57 Å². The molecule has 0 aliphatic heterocycles. The van der Waals surface area contributed by atoms with Crippen molar-refractivity contribution < 1.29 is 9.53 Å². The average molecular weight is 275 g/mol. The van der Waals surface area contributed by atoms with Crippen LogP contribution in [0.1, 0.15) is 17.5 Å². The van der Waals surface area contributed by atoms with Crippen LogP contribution in [0.15, 0.2) is 18.5 Å². The van der Waals surface area contributed by atoms with Crippen molar-refractivity contribution >= 4 is 16.9 Å². The third kappa shape index (κ3) is 3.36. The number of rotatable bonds is 6. The summed E-state index contributed by atoms with van der Waals surface area (Å²) in [5.74, 6) is -0.00127. The summed E-state index contributed by atoms with van der Waals surface area (Å²) in [7, 11) is 1.66. The quantitative estimate of drug-likeness (QED) is 0.818. The van der Waals surface area contributed by atoms with Crippen LogP contribution in [0, 0.1) is 13.8 Å². The van der Waals surface area contributed by atoms with Crippen LogP contribution < -0.4 is 5.32 Å². The molecule has 2 rings (SSSR count). The van der Waals surface area contributed by atoms with Crippen LogP contribution in [0.2, 0.25) is 0 Å². The van der Waals surface area contributed by atoms with Gasteiger partial charge in [-0.3, -0.25) is 4.79 Å². The summed E-state index contributed by atoms with van der Waals surface area (Å²) >= 11 is 0. The Hall–Kier alpha value is -1.88. The van der Waals surface area contributed by atoms with Gasteiger partial charge in [-0.2, -0.15) is 0 Å². The van der Waals surface area contributed by atoms with Gasteiger partial charge in [0, 0.05) is 20.3 Å². The zero-order valence-corrected chi connectivity index (χ0v) is 12.3. The number of aryl methyl sites for hydroxylation is 2. The van der Waals surface area contributed by atoms with E-state index in [1.54, 1.807) is 13.4 Å². The van der Waals surface area contributed by atoms with Crippen molar-refractivity contribution in [3.05, 3.63) is 29.6 Å². The lowest BCUT2D eigenvalue weighted by Gasteiger charge is -2.07. The number of fused-ring (bicyclic) bond motifs is 1. The Labute approximate surface area is 118 Å². The molecule has 1 aromatic carbocycles. The summed E-state index contributed by atoms with van der Waals surface area (Å²) in [5, 5.41) is 2.88. The predicted molar refractivity (Wildman–Crippen MR) is 78.7 cm³/mol. The molecular weight excluding hydrogens is 254 g/mol. The highest BCUT2D eigenvalue weighted by Gasteiger charge is 2.08. The molecule has 5 nitrogen and oxygen atoms in total. The van der Waals surface area contributed by atoms with Crippen LogP contribution in [0.4, 0.5) is 0 Å². The Morgan fingerprint density at radius 1 is 1.35 bits per heavy atom. The number of amides is 1. The molecular formula is C15H21N3O2. The van der Waals surface area contributed by atoms with Gasteiger partial charge in [0.25, 0.3) is 0 Å². The van der Waals surface area contributed by atoms with Crippen LogP contribution in [0.3, 0.4) is 0 Å². The van der Waals surface area contributed by atoms with E-state index in [2.05, 4.69) is 36.3 Å². The second kappa shape index (κ2) is 6.52. The SMILES string of the molecule is COCCCNC(=O)Cn1cnc2cc(C)c(C)cc21. The molecule has 0 unspecified atom stereocenters. The number of imidazole rings is 1. The van der Waals surface area contributed by atoms with Crippen LogP contribution in [0.25, 0.3) is 11.0 Å². The molecule has 0 bridgehead atoms. The largest absolute Gasteiger partial charge is 0.385 e. The number of methoxy groups -OCH3 is 1. The van der Waals surface area contributed by atoms with Gasteiger partial charge in [0.15, 0.2) is 0 Å². The third-order valence-electron chi connectivity index (χ3n) is 3.40. The summed E-state index contributed by atoms with van der Waals surface area (Å²) in [6.07, 6.45) is 2.55. The van der Waals surface area contributed by atoms with Gasteiger partial charge in [-0.25, -0.2) is 4.98 Å². The Kier molecular flexibility index (Phi) is 4.74. The number of carbonyl (C=O) groups excluding carboxylic acids is 1. The summed E-state index contributed by atoms with van der Waals surface area (Å²) in [4.78, 5) is 16.2. The van der Waals surface area contributed by atoms with Gasteiger partial charge in [-0.05, 0) is 43.5 Å². The number of hydrogen-bond acceptors (Lipinski definition) is 3. The van der Waals surface area contributed by atoms with E-state index in [-0.39, 0.29) is 5.91 Å². The Morgan fingerprint density at radius 2 is 2.10 bits per heavy atom. The maximum Gasteiger partial charge on any atom is 0.239 e. The van der Waals surface area contributed by atoms with Crippen molar-refractivity contribution in [1.29, 1.82) is 0 Å². The molecule has 0 spiro atoms. The number of aromatic nitrogens is 2. The maximum atomic E-state index is 11.9. The highest BCUT2D eigenvalue weighted by molar-refractivity contribution is 5.81. The van der Waals surface area contributed by atoms with E-state index in [0.717, 1.165) is 17.5 Å². The Morgan fingerprint density at radius 3 is 2.85 bits per heavy atom. The minimum Gasteiger partial charge on any atom is -0.385 e. The molecule has 1 amide bonds. The molecule has 0 radical (unpaired) electrons. The number of benzene rings is 1. The van der Waals surface area contributed by atoms with Gasteiger partial charge in [0.2, 0.25) is 5.91 Å². The molecule has 0 atom stereocenters. The highest BCUT2D eigenvalue weighted by Crippen LogP contribution is 2.18. The second-order valence-corrected chi connectivity index (χ2v) is 4.99. The zero-order valence-electron chi connectivity index (χ0n) is 12.3. The predicted octanol–water partition coefficient (Wildman–Crippen LogP) is 1.81. The minimum atomic E-state index is -0.00127. The van der Waals surface area contributed by atoms with Crippen molar-refractivity contribution in [3.8, 4) is 0 Å². The molecule has 0 aliphatic carbocycles. The van der Waals surface area contributed by atoms with E-state index in [1.165, 1.54) is 11.1 Å². The lowest BCUT2D eigenvalue weighted by atomic mass is 10.1. The molecule has 5 heteroatoms. The maximum absolute atomic E-state index is 11.9. The first-order valence-corrected chi connectivity index (χ1v) is 6.79. The fraction of sp³-hybridized carbons (Fsp3) is 0.467. The molecule has 1 N–H and O–H groups in total. The van der Waals surface area contributed by atoms with E-state index in [0.29, 0.717) is 19.7 Å². The number of ether oxygens (including phenoxy) is 1. The Balaban J connectivity index is 2.02. The molecule has 2 aromatic rings. The molecule has 0 fully saturated rings. The van der Waals surface area contributed by atoms with Crippen molar-refractivity contribution in [2.75, 3.05) is 20.3 Å². The zero-order chi connectivity index (χ0) is 14.5. The third-order valence-corrected chi connectivity index (χ3v) is 3.40. The topological polar surface area (TPSA) is 56.1 Å². The van der Waals surface area contributed by atoms with Gasteiger partial charge in [-0.15, -0.1) is 0 Å². The normalized spacial score (nSPS) is 10.9. The van der Waals surface area contributed by atoms with E-state index in [4.69, 9.17) is 4.74 Å². The van der Waals surface area contributed by atoms with Crippen LogP contribution in [-0.4, -0.2) is 35.7 Å². The number of carbonyl (C=O) groups is 1. The first-order valence-electron chi connectivity index (χ1n) is 6.79. The van der Waals surface area contributed by atoms with Crippen LogP contribution >= 0.6 is 0 Å². The van der Waals surface area contributed by atoms with Crippen LogP contribution in [-0.2, 0) is 16.1 Å². The highest BCUT2D eigenvalue weighted by atomic mass is 16.5. The summed E-state index contributed by atoms with van der Waals surface area (Å²) in [5.41, 5.74) is 4.35. The molecule has 0 saturated heterocycles. The van der Waals surface area contributed by atoms with Crippen molar-refractivity contribution in [3.63, 3.8) is 0 Å². The average Bonchev–Trinajstić information content (AvgIpc) is 2.78. The summed E-state index contributed by atoms with van der Waals surface area (Å²) < 4.78 is 6.83. The van der Waals surface area contributed by atoms with E-state index in [9.17, 15) is 4.79 Å². The second-order valence-electron chi connectivity index (χ2n) is 4.99. The first kappa shape index (κ1) is 14.5. The fourth-order valence-electron chi connectivity index (χ4n) is 2.09. The van der Waals surface area contributed by atoms with Gasteiger partial charge in [-0.1, -0.05) is 0 Å². The fourth-order valence-corrected chi connectivity index (χ4v) is 2.09. The number of hydrogen-bond donors (Lipinski definition) is 1. The molecule has 1 aromatic heterocycles. The summed E-state index contributed by atoms with van der Waals surface area (Å²) in [6, 6.07) is 4.13. The van der Waals surface area contributed by atoms with Crippen molar-refractivity contribution in [2.45, 2.75) is 26.8 Å². The molecule has 108 valence electrons. The van der Waals surface area contributed by atoms with Gasteiger partial charge in [0.05, 0.1) is 17.4 Å². The van der Waals surface area contributed by atoms with E-state index < -0.39 is 0 Å². The van der Waals surface area contributed by atoms with Crippen molar-refractivity contribution in [2.24, 2.45) is 0 Å². The minimum absolute atomic E-state index is 0.00127. The lowest BCUT2D eigenvalue weighted by Crippen LogP contribution is -2.28. The first-order chi connectivity index (χ1) is 9.61. The monoisotopic (exact) mass is 275 g/mol. The van der Waals surface area contributed by atoms with Gasteiger partial charge in [0.1, 0.15) is 6.54 Å². The van der Waals surface area contributed by atoms with E-state index >= 15 is 0 Å². The smallest absolute Gasteiger partial charge is 0.239 e. The number of nitrogens with zero attached hydrogens (tertiary/aromatic N) is 2. The van der Waals surface area contributed by atoms with Crippen LogP contribution in [0.5, 0.6) is 0 Å². The standard InChI is InChI=1S/C15H21N3O2/c1-11-7-13-14(8-12(11)2)18(10-17-13)9-15(19)16-5-4-6-20-3/h7-8,10H,4-6,9H2,1-3H3,(H,16,19). The lowest BCUT2D eigenvalue weighted by molar-refractivity contribution is -0.121. The molecule has 0 aliphatic rings. The molecule has 20 heavy (non-hydrogen) atoms.